The van der Waals surface area contributed by atoms with Crippen molar-refractivity contribution in [2.45, 2.75) is 37.7 Å². The van der Waals surface area contributed by atoms with Crippen molar-refractivity contribution in [3.8, 4) is 0 Å². The van der Waals surface area contributed by atoms with E-state index in [1.54, 1.807) is 4.90 Å². The second-order valence-electron chi connectivity index (χ2n) is 6.55. The van der Waals surface area contributed by atoms with Crippen LogP contribution in [0.3, 0.4) is 0 Å². The first kappa shape index (κ1) is 14.4. The number of likely N-dealkylation sites (tertiary alicyclic amines) is 1. The Morgan fingerprint density at radius 2 is 2.09 bits per heavy atom. The van der Waals surface area contributed by atoms with Crippen molar-refractivity contribution in [2.24, 2.45) is 0 Å². The second kappa shape index (κ2) is 5.45. The van der Waals surface area contributed by atoms with Crippen LogP contribution >= 0.6 is 0 Å². The zero-order valence-corrected chi connectivity index (χ0v) is 13.0. The highest BCUT2D eigenvalue weighted by Crippen LogP contribution is 2.31. The van der Waals surface area contributed by atoms with Crippen LogP contribution in [0.1, 0.15) is 46.4 Å². The number of carbonyl (C=O) groups excluding carboxylic acids is 1. The molecule has 1 fully saturated rings. The molecular formula is C17H20N4O2. The quantitative estimate of drug-likeness (QED) is 0.878. The minimum atomic E-state index is -1.10. The number of aryl methyl sites for hydroxylation is 2. The van der Waals surface area contributed by atoms with Crippen molar-refractivity contribution >= 4 is 5.91 Å². The van der Waals surface area contributed by atoms with E-state index in [9.17, 15) is 9.90 Å². The molecule has 0 radical (unpaired) electrons. The average molecular weight is 312 g/mol. The second-order valence-corrected chi connectivity index (χ2v) is 6.55. The van der Waals surface area contributed by atoms with E-state index in [-0.39, 0.29) is 12.5 Å². The largest absolute Gasteiger partial charge is 0.381 e. The lowest BCUT2D eigenvalue weighted by Crippen LogP contribution is -2.34. The van der Waals surface area contributed by atoms with Crippen molar-refractivity contribution < 1.29 is 9.90 Å². The minimum Gasteiger partial charge on any atom is -0.381 e. The smallest absolute Gasteiger partial charge is 0.253 e. The number of nitrogens with one attached hydrogen (secondary N) is 1. The van der Waals surface area contributed by atoms with E-state index < -0.39 is 5.60 Å². The van der Waals surface area contributed by atoms with Crippen molar-refractivity contribution in [1.29, 1.82) is 0 Å². The molecule has 6 nitrogen and oxygen atoms in total. The highest BCUT2D eigenvalue weighted by atomic mass is 16.3. The number of aromatic nitrogens is 3. The Morgan fingerprint density at radius 1 is 1.26 bits per heavy atom. The number of hydrogen-bond acceptors (Lipinski definition) is 4. The SMILES string of the molecule is O=C(c1ccc2c(c1)CCCC2)N1CCC(O)(c2cn[nH]n2)C1. The number of hydrogen-bond donors (Lipinski definition) is 2. The van der Waals surface area contributed by atoms with Gasteiger partial charge in [-0.1, -0.05) is 6.07 Å². The van der Waals surface area contributed by atoms with E-state index in [4.69, 9.17) is 0 Å². The molecule has 2 N–H and O–H groups in total. The Balaban J connectivity index is 1.54. The summed E-state index contributed by atoms with van der Waals surface area (Å²) in [6, 6.07) is 6.03. The van der Waals surface area contributed by atoms with Crippen molar-refractivity contribution in [3.05, 3.63) is 46.8 Å². The average Bonchev–Trinajstić information content (AvgIpc) is 3.24. The molecule has 120 valence electrons. The molecule has 1 saturated heterocycles. The first-order valence-electron chi connectivity index (χ1n) is 8.15. The van der Waals surface area contributed by atoms with E-state index in [2.05, 4.69) is 21.5 Å². The first-order valence-corrected chi connectivity index (χ1v) is 8.15. The van der Waals surface area contributed by atoms with Crippen LogP contribution in [-0.2, 0) is 18.4 Å². The highest BCUT2D eigenvalue weighted by Gasteiger charge is 2.41. The number of benzene rings is 1. The molecule has 1 aliphatic carbocycles. The van der Waals surface area contributed by atoms with Gasteiger partial charge in [0.2, 0.25) is 0 Å². The molecule has 1 unspecified atom stereocenters. The van der Waals surface area contributed by atoms with Gasteiger partial charge in [-0.3, -0.25) is 4.79 Å². The van der Waals surface area contributed by atoms with E-state index in [0.29, 0.717) is 18.7 Å². The van der Waals surface area contributed by atoms with Gasteiger partial charge in [0, 0.05) is 18.5 Å². The van der Waals surface area contributed by atoms with Crippen LogP contribution in [0.25, 0.3) is 0 Å². The number of nitrogens with zero attached hydrogens (tertiary/aromatic N) is 3. The topological polar surface area (TPSA) is 82.1 Å². The molecule has 0 saturated carbocycles. The summed E-state index contributed by atoms with van der Waals surface area (Å²) in [5.41, 5.74) is 2.78. The Hall–Kier alpha value is -2.21. The molecule has 1 aliphatic heterocycles. The molecule has 4 rings (SSSR count). The summed E-state index contributed by atoms with van der Waals surface area (Å²) in [5, 5.41) is 20.9. The summed E-state index contributed by atoms with van der Waals surface area (Å²) < 4.78 is 0. The molecule has 2 aromatic rings. The lowest BCUT2D eigenvalue weighted by Gasteiger charge is -2.22. The van der Waals surface area contributed by atoms with Gasteiger partial charge in [-0.15, -0.1) is 0 Å². The molecule has 0 spiro atoms. The van der Waals surface area contributed by atoms with Crippen molar-refractivity contribution in [3.63, 3.8) is 0 Å². The van der Waals surface area contributed by atoms with Gasteiger partial charge in [-0.2, -0.15) is 15.4 Å². The van der Waals surface area contributed by atoms with Gasteiger partial charge in [0.25, 0.3) is 5.91 Å². The fourth-order valence-electron chi connectivity index (χ4n) is 3.65. The van der Waals surface area contributed by atoms with E-state index in [1.165, 1.54) is 30.2 Å². The number of aliphatic hydroxyl groups is 1. The highest BCUT2D eigenvalue weighted by molar-refractivity contribution is 5.94. The molecule has 0 bridgehead atoms. The van der Waals surface area contributed by atoms with E-state index in [1.807, 2.05) is 12.1 Å². The summed E-state index contributed by atoms with van der Waals surface area (Å²) in [5.74, 6) is -0.0159. The molecule has 6 heteroatoms. The minimum absolute atomic E-state index is 0.0159. The molecule has 1 amide bonds. The molecular weight excluding hydrogens is 292 g/mol. The van der Waals surface area contributed by atoms with Crippen LogP contribution in [0.5, 0.6) is 0 Å². The lowest BCUT2D eigenvalue weighted by molar-refractivity contribution is 0.0382. The van der Waals surface area contributed by atoms with Gasteiger partial charge in [0.1, 0.15) is 11.3 Å². The van der Waals surface area contributed by atoms with Crippen LogP contribution in [0.2, 0.25) is 0 Å². The maximum Gasteiger partial charge on any atom is 0.253 e. The number of β-amino-alcohol motifs (C(OH)–C–C–N with tert-alkyl or cyclic N) is 1. The normalized spacial score (nSPS) is 23.8. The fourth-order valence-corrected chi connectivity index (χ4v) is 3.65. The third kappa shape index (κ3) is 2.53. The maximum absolute atomic E-state index is 12.8. The lowest BCUT2D eigenvalue weighted by atomic mass is 9.90. The van der Waals surface area contributed by atoms with Gasteiger partial charge < -0.3 is 10.0 Å². The maximum atomic E-state index is 12.8. The predicted molar refractivity (Wildman–Crippen MR) is 83.9 cm³/mol. The fraction of sp³-hybridized carbons (Fsp3) is 0.471. The Kier molecular flexibility index (Phi) is 3.41. The van der Waals surface area contributed by atoms with Gasteiger partial charge >= 0.3 is 0 Å². The monoisotopic (exact) mass is 312 g/mol. The van der Waals surface area contributed by atoms with Gasteiger partial charge in [-0.25, -0.2) is 0 Å². The summed E-state index contributed by atoms with van der Waals surface area (Å²) >= 11 is 0. The number of amides is 1. The number of H-pyrrole nitrogens is 1. The summed E-state index contributed by atoms with van der Waals surface area (Å²) in [6.07, 6.45) is 6.60. The number of fused-ring (bicyclic) bond motifs is 1. The van der Waals surface area contributed by atoms with Crippen molar-refractivity contribution in [1.82, 2.24) is 20.3 Å². The first-order chi connectivity index (χ1) is 11.2. The van der Waals surface area contributed by atoms with Crippen LogP contribution in [0.15, 0.2) is 24.4 Å². The van der Waals surface area contributed by atoms with Crippen LogP contribution in [-0.4, -0.2) is 44.4 Å². The molecule has 2 heterocycles. The molecule has 1 atom stereocenters. The van der Waals surface area contributed by atoms with Crippen LogP contribution < -0.4 is 0 Å². The zero-order valence-electron chi connectivity index (χ0n) is 13.0. The summed E-state index contributed by atoms with van der Waals surface area (Å²) in [4.78, 5) is 14.5. The van der Waals surface area contributed by atoms with Gasteiger partial charge in [0.05, 0.1) is 12.7 Å². The molecule has 23 heavy (non-hydrogen) atoms. The van der Waals surface area contributed by atoms with Crippen LogP contribution in [0.4, 0.5) is 0 Å². The standard InChI is InChI=1S/C17H20N4O2/c22-16(14-6-5-12-3-1-2-4-13(12)9-14)21-8-7-17(23,11-21)15-10-18-20-19-15/h5-6,9-10,23H,1-4,7-8,11H2,(H,18,19,20). The molecule has 1 aromatic heterocycles. The van der Waals surface area contributed by atoms with E-state index >= 15 is 0 Å². The predicted octanol–water partition coefficient (Wildman–Crippen LogP) is 1.42. The Bertz CT molecular complexity index is 728. The van der Waals surface area contributed by atoms with Crippen LogP contribution in [0, 0.1) is 0 Å². The summed E-state index contributed by atoms with van der Waals surface area (Å²) in [6.45, 7) is 0.786. The van der Waals surface area contributed by atoms with E-state index in [0.717, 1.165) is 18.4 Å². The summed E-state index contributed by atoms with van der Waals surface area (Å²) in [7, 11) is 0. The third-order valence-electron chi connectivity index (χ3n) is 5.02. The molecule has 2 aliphatic rings. The van der Waals surface area contributed by atoms with Crippen molar-refractivity contribution in [2.75, 3.05) is 13.1 Å². The third-order valence-corrected chi connectivity index (χ3v) is 5.02. The number of carbonyl (C=O) groups is 1. The van der Waals surface area contributed by atoms with Gasteiger partial charge in [-0.05, 0) is 48.9 Å². The zero-order chi connectivity index (χ0) is 15.9. The number of rotatable bonds is 2. The molecule has 1 aromatic carbocycles. The Morgan fingerprint density at radius 3 is 2.87 bits per heavy atom. The Labute approximate surface area is 134 Å². The van der Waals surface area contributed by atoms with Gasteiger partial charge in [0.15, 0.2) is 0 Å². The number of aromatic amines is 1.